The maximum Gasteiger partial charge on any atom is 0.292 e. The normalized spacial score (nSPS) is 14.3. The van der Waals surface area contributed by atoms with Gasteiger partial charge in [-0.05, 0) is 50.5 Å². The summed E-state index contributed by atoms with van der Waals surface area (Å²) in [4.78, 5) is 29.4. The maximum atomic E-state index is 13.3. The molecule has 0 N–H and O–H groups in total. The van der Waals surface area contributed by atoms with Crippen LogP contribution in [0.1, 0.15) is 63.3 Å². The Balaban J connectivity index is 1.47. The van der Waals surface area contributed by atoms with Crippen LogP contribution >= 0.6 is 0 Å². The average Bonchev–Trinajstić information content (AvgIpc) is 3.35. The van der Waals surface area contributed by atoms with Crippen molar-refractivity contribution in [2.75, 3.05) is 26.2 Å². The van der Waals surface area contributed by atoms with Gasteiger partial charge in [-0.15, -0.1) is 0 Å². The molecule has 1 aromatic carbocycles. The molecule has 7 heteroatoms. The lowest BCUT2D eigenvalue weighted by Crippen LogP contribution is -2.50. The minimum atomic E-state index is -0.180. The van der Waals surface area contributed by atoms with E-state index in [-0.39, 0.29) is 17.6 Å². The number of nitrogens with zero attached hydrogens (tertiary/aromatic N) is 4. The molecule has 0 aliphatic carbocycles. The van der Waals surface area contributed by atoms with Gasteiger partial charge in [0.1, 0.15) is 0 Å². The van der Waals surface area contributed by atoms with Gasteiger partial charge in [0, 0.05) is 49.3 Å². The Bertz CT molecular complexity index is 1130. The van der Waals surface area contributed by atoms with Gasteiger partial charge in [-0.25, -0.2) is 0 Å². The lowest BCUT2D eigenvalue weighted by atomic mass is 10.0. The number of rotatable bonds is 4. The number of carbonyl (C=O) groups is 2. The van der Waals surface area contributed by atoms with E-state index in [1.54, 1.807) is 17.9 Å². The van der Waals surface area contributed by atoms with Gasteiger partial charge < -0.3 is 18.9 Å². The monoisotopic (exact) mass is 434 g/mol. The minimum absolute atomic E-state index is 0.00533. The van der Waals surface area contributed by atoms with E-state index in [0.29, 0.717) is 43.4 Å². The summed E-state index contributed by atoms with van der Waals surface area (Å²) in [5.74, 6) is 0.549. The third-order valence-corrected chi connectivity index (χ3v) is 6.17. The van der Waals surface area contributed by atoms with E-state index in [1.807, 2.05) is 24.8 Å². The van der Waals surface area contributed by atoms with Gasteiger partial charge in [0.25, 0.3) is 11.8 Å². The molecule has 3 heterocycles. The second kappa shape index (κ2) is 8.65. The third kappa shape index (κ3) is 4.07. The molecule has 1 aliphatic rings. The van der Waals surface area contributed by atoms with Crippen LogP contribution in [-0.4, -0.2) is 57.5 Å². The van der Waals surface area contributed by atoms with Crippen molar-refractivity contribution < 1.29 is 14.1 Å². The second-order valence-corrected chi connectivity index (χ2v) is 8.78. The smallest absolute Gasteiger partial charge is 0.292 e. The molecule has 7 nitrogen and oxygen atoms in total. The van der Waals surface area contributed by atoms with Crippen LogP contribution in [-0.2, 0) is 0 Å². The standard InChI is InChI=1S/C25H30N4O3/c1-16(2)20-6-8-21(9-7-20)29-18(4)15-22(19(29)5)24(30)27-10-12-28(13-11-27)25(31)23-14-17(3)26-32-23/h6-9,14-16H,10-13H2,1-5H3. The minimum Gasteiger partial charge on any atom is -0.351 e. The molecule has 32 heavy (non-hydrogen) atoms. The van der Waals surface area contributed by atoms with Crippen LogP contribution in [0.25, 0.3) is 5.69 Å². The molecule has 1 saturated heterocycles. The van der Waals surface area contributed by atoms with E-state index < -0.39 is 0 Å². The van der Waals surface area contributed by atoms with E-state index in [2.05, 4.69) is 47.8 Å². The van der Waals surface area contributed by atoms with Crippen molar-refractivity contribution in [2.45, 2.75) is 40.5 Å². The Labute approximate surface area is 188 Å². The molecule has 2 amide bonds. The number of amides is 2. The first-order chi connectivity index (χ1) is 15.3. The van der Waals surface area contributed by atoms with Crippen molar-refractivity contribution in [2.24, 2.45) is 0 Å². The Morgan fingerprint density at radius 2 is 1.50 bits per heavy atom. The Hall–Kier alpha value is -3.35. The van der Waals surface area contributed by atoms with Crippen molar-refractivity contribution in [3.63, 3.8) is 0 Å². The summed E-state index contributed by atoms with van der Waals surface area (Å²) in [6.45, 7) is 12.1. The SMILES string of the molecule is Cc1cc(C(=O)N2CCN(C(=O)c3cc(C)n(-c4ccc(C(C)C)cc4)c3C)CC2)on1. The fourth-order valence-corrected chi connectivity index (χ4v) is 4.29. The molecule has 1 aliphatic heterocycles. The van der Waals surface area contributed by atoms with Gasteiger partial charge in [-0.1, -0.05) is 31.1 Å². The molecular weight excluding hydrogens is 404 g/mol. The first-order valence-corrected chi connectivity index (χ1v) is 11.1. The fraction of sp³-hybridized carbons (Fsp3) is 0.400. The van der Waals surface area contributed by atoms with Gasteiger partial charge in [0.05, 0.1) is 11.3 Å². The van der Waals surface area contributed by atoms with E-state index in [0.717, 1.165) is 17.1 Å². The zero-order valence-electron chi connectivity index (χ0n) is 19.4. The molecule has 0 bridgehead atoms. The number of aromatic nitrogens is 2. The highest BCUT2D eigenvalue weighted by Crippen LogP contribution is 2.24. The van der Waals surface area contributed by atoms with Crippen LogP contribution in [0.3, 0.4) is 0 Å². The quantitative estimate of drug-likeness (QED) is 0.620. The summed E-state index contributed by atoms with van der Waals surface area (Å²) in [6.07, 6.45) is 0. The summed E-state index contributed by atoms with van der Waals surface area (Å²) < 4.78 is 7.22. The predicted octanol–water partition coefficient (Wildman–Crippen LogP) is 4.11. The highest BCUT2D eigenvalue weighted by atomic mass is 16.5. The average molecular weight is 435 g/mol. The van der Waals surface area contributed by atoms with Crippen LogP contribution in [0.4, 0.5) is 0 Å². The lowest BCUT2D eigenvalue weighted by Gasteiger charge is -2.34. The van der Waals surface area contributed by atoms with Crippen LogP contribution < -0.4 is 0 Å². The van der Waals surface area contributed by atoms with Crippen molar-refractivity contribution in [1.29, 1.82) is 0 Å². The molecule has 2 aromatic heterocycles. The first-order valence-electron chi connectivity index (χ1n) is 11.1. The number of carbonyl (C=O) groups excluding carboxylic acids is 2. The van der Waals surface area contributed by atoms with Gasteiger partial charge in [-0.3, -0.25) is 9.59 Å². The molecule has 168 valence electrons. The van der Waals surface area contributed by atoms with Crippen LogP contribution in [0.5, 0.6) is 0 Å². The highest BCUT2D eigenvalue weighted by Gasteiger charge is 2.29. The Morgan fingerprint density at radius 1 is 0.906 bits per heavy atom. The first kappa shape index (κ1) is 21.9. The van der Waals surface area contributed by atoms with Gasteiger partial charge in [0.15, 0.2) is 0 Å². The van der Waals surface area contributed by atoms with Gasteiger partial charge in [-0.2, -0.15) is 0 Å². The largest absolute Gasteiger partial charge is 0.351 e. The summed E-state index contributed by atoms with van der Waals surface area (Å²) in [5.41, 5.74) is 5.69. The third-order valence-electron chi connectivity index (χ3n) is 6.17. The number of hydrogen-bond donors (Lipinski definition) is 0. The van der Waals surface area contributed by atoms with Crippen molar-refractivity contribution >= 4 is 11.8 Å². The summed E-state index contributed by atoms with van der Waals surface area (Å²) in [5, 5.41) is 3.78. The predicted molar refractivity (Wildman–Crippen MR) is 122 cm³/mol. The zero-order chi connectivity index (χ0) is 23.0. The van der Waals surface area contributed by atoms with Gasteiger partial charge in [0.2, 0.25) is 5.76 Å². The number of piperazine rings is 1. The lowest BCUT2D eigenvalue weighted by molar-refractivity contribution is 0.0512. The van der Waals surface area contributed by atoms with E-state index in [4.69, 9.17) is 4.52 Å². The molecule has 1 fully saturated rings. The molecule has 0 saturated carbocycles. The molecule has 0 spiro atoms. The molecule has 0 radical (unpaired) electrons. The number of hydrogen-bond acceptors (Lipinski definition) is 4. The number of aryl methyl sites for hydroxylation is 2. The molecule has 0 atom stereocenters. The van der Waals surface area contributed by atoms with Crippen molar-refractivity contribution in [3.8, 4) is 5.69 Å². The number of benzene rings is 1. The molecular formula is C25H30N4O3. The van der Waals surface area contributed by atoms with Crippen molar-refractivity contribution in [1.82, 2.24) is 19.5 Å². The van der Waals surface area contributed by atoms with E-state index in [9.17, 15) is 9.59 Å². The Morgan fingerprint density at radius 3 is 2.03 bits per heavy atom. The van der Waals surface area contributed by atoms with Crippen LogP contribution in [0, 0.1) is 20.8 Å². The highest BCUT2D eigenvalue weighted by molar-refractivity contribution is 5.96. The Kier molecular flexibility index (Phi) is 5.91. The van der Waals surface area contributed by atoms with Gasteiger partial charge >= 0.3 is 0 Å². The summed E-state index contributed by atoms with van der Waals surface area (Å²) in [6, 6.07) is 12.1. The zero-order valence-corrected chi connectivity index (χ0v) is 19.4. The summed E-state index contributed by atoms with van der Waals surface area (Å²) in [7, 11) is 0. The molecule has 3 aromatic rings. The second-order valence-electron chi connectivity index (χ2n) is 8.78. The van der Waals surface area contributed by atoms with Crippen molar-refractivity contribution in [3.05, 3.63) is 70.4 Å². The molecule has 4 rings (SSSR count). The topological polar surface area (TPSA) is 71.6 Å². The fourth-order valence-electron chi connectivity index (χ4n) is 4.29. The van der Waals surface area contributed by atoms with Crippen LogP contribution in [0.15, 0.2) is 40.9 Å². The molecule has 0 unspecified atom stereocenters. The maximum absolute atomic E-state index is 13.3. The van der Waals surface area contributed by atoms with E-state index >= 15 is 0 Å². The van der Waals surface area contributed by atoms with Crippen LogP contribution in [0.2, 0.25) is 0 Å². The van der Waals surface area contributed by atoms with E-state index in [1.165, 1.54) is 5.56 Å². The summed E-state index contributed by atoms with van der Waals surface area (Å²) >= 11 is 0.